The third-order valence-electron chi connectivity index (χ3n) is 17.9. The quantitative estimate of drug-likeness (QED) is 0.0169. The minimum Gasteiger partial charge on any atom is -0.462 e. The second-order valence-electron chi connectivity index (χ2n) is 28.1. The van der Waals surface area contributed by atoms with Crippen LogP contribution in [0.4, 0.5) is 0 Å². The average molecular weight is 1420 g/mol. The maximum absolute atomic E-state index is 13.1. The number of phosphoric ester groups is 2. The Balaban J connectivity index is 5.28. The number of esters is 4. The zero-order chi connectivity index (χ0) is 71.4. The number of aliphatic hydroxyl groups is 1. The van der Waals surface area contributed by atoms with Crippen molar-refractivity contribution in [2.45, 2.75) is 400 Å². The van der Waals surface area contributed by atoms with Crippen molar-refractivity contribution < 1.29 is 80.2 Å². The number of phosphoric acid groups is 2. The van der Waals surface area contributed by atoms with E-state index in [-0.39, 0.29) is 25.7 Å². The second-order valence-corrected chi connectivity index (χ2v) is 31.0. The second kappa shape index (κ2) is 69.3. The van der Waals surface area contributed by atoms with E-state index in [9.17, 15) is 43.2 Å². The lowest BCUT2D eigenvalue weighted by Gasteiger charge is -2.21. The molecule has 0 bridgehead atoms. The van der Waals surface area contributed by atoms with Crippen molar-refractivity contribution in [3.63, 3.8) is 0 Å². The molecule has 572 valence electrons. The molecular weight excluding hydrogens is 1270 g/mol. The Bertz CT molecular complexity index is 1970. The number of carbonyl (C=O) groups is 4. The van der Waals surface area contributed by atoms with Gasteiger partial charge in [-0.05, 0) is 63.2 Å². The molecule has 0 aliphatic carbocycles. The molecule has 3 N–H and O–H groups in total. The largest absolute Gasteiger partial charge is 0.472 e. The van der Waals surface area contributed by atoms with E-state index in [4.69, 9.17) is 37.0 Å². The minimum atomic E-state index is -4.97. The van der Waals surface area contributed by atoms with Crippen LogP contribution >= 0.6 is 15.6 Å². The van der Waals surface area contributed by atoms with E-state index in [1.807, 2.05) is 0 Å². The molecule has 97 heavy (non-hydrogen) atoms. The van der Waals surface area contributed by atoms with Crippen LogP contribution in [0.2, 0.25) is 0 Å². The zero-order valence-corrected chi connectivity index (χ0v) is 64.7. The van der Waals surface area contributed by atoms with Crippen LogP contribution in [0.3, 0.4) is 0 Å². The maximum Gasteiger partial charge on any atom is 0.472 e. The number of hydrogen-bond acceptors (Lipinski definition) is 15. The fourth-order valence-corrected chi connectivity index (χ4v) is 13.0. The van der Waals surface area contributed by atoms with Gasteiger partial charge in [0.2, 0.25) is 0 Å². The highest BCUT2D eigenvalue weighted by molar-refractivity contribution is 7.47. The Labute approximate surface area is 592 Å². The standard InChI is InChI=1S/C78H148O17P2/c1-7-10-12-14-16-18-20-21-23-27-30-37-43-49-55-61-76(81)89-67-74(94-77(82)62-56-50-44-38-31-28-25-22-24-26-29-34-40-46-52-58-70(4)5)69-93-97(86,87)91-65-72(79)64-90-96(84,85)92-68-73(66-88-75(80)60-54-48-42-36-19-17-15-13-11-8-2)95-78(83)63-57-51-45-39-33-32-35-41-47-53-59-71(6)9-3/h18,20-21,23,70-74,79H,7-17,19,22,24-69H2,1-6H3,(H,84,85)(H,86,87)/b20-18-,23-21-/t71?,72-,73+,74+/m0/s1. The molecule has 0 rings (SSSR count). The Hall–Kier alpha value is -2.46. The number of allylic oxidation sites excluding steroid dienone is 4. The van der Waals surface area contributed by atoms with Gasteiger partial charge >= 0.3 is 39.5 Å². The van der Waals surface area contributed by atoms with Gasteiger partial charge in [0.15, 0.2) is 12.2 Å². The van der Waals surface area contributed by atoms with Crippen molar-refractivity contribution in [1.82, 2.24) is 0 Å². The van der Waals surface area contributed by atoms with E-state index in [2.05, 4.69) is 65.8 Å². The minimum absolute atomic E-state index is 0.101. The van der Waals surface area contributed by atoms with Gasteiger partial charge in [0.1, 0.15) is 19.3 Å². The lowest BCUT2D eigenvalue weighted by Crippen LogP contribution is -2.30. The van der Waals surface area contributed by atoms with Gasteiger partial charge < -0.3 is 33.8 Å². The summed E-state index contributed by atoms with van der Waals surface area (Å²) in [4.78, 5) is 72.9. The van der Waals surface area contributed by atoms with Crippen molar-refractivity contribution in [2.24, 2.45) is 11.8 Å². The van der Waals surface area contributed by atoms with Crippen LogP contribution in [0.15, 0.2) is 24.3 Å². The van der Waals surface area contributed by atoms with Gasteiger partial charge in [0, 0.05) is 25.7 Å². The molecule has 0 aliphatic heterocycles. The van der Waals surface area contributed by atoms with E-state index >= 15 is 0 Å². The van der Waals surface area contributed by atoms with Crippen LogP contribution in [0.1, 0.15) is 382 Å². The highest BCUT2D eigenvalue weighted by Gasteiger charge is 2.30. The molecule has 0 spiro atoms. The van der Waals surface area contributed by atoms with E-state index in [1.54, 1.807) is 0 Å². The molecule has 0 aromatic rings. The number of rotatable bonds is 75. The molecule has 0 fully saturated rings. The van der Waals surface area contributed by atoms with E-state index < -0.39 is 97.5 Å². The van der Waals surface area contributed by atoms with E-state index in [0.29, 0.717) is 25.7 Å². The molecule has 0 saturated carbocycles. The van der Waals surface area contributed by atoms with Gasteiger partial charge in [-0.3, -0.25) is 37.3 Å². The number of aliphatic hydroxyl groups excluding tert-OH is 1. The van der Waals surface area contributed by atoms with Crippen molar-refractivity contribution in [2.75, 3.05) is 39.6 Å². The molecule has 0 radical (unpaired) electrons. The Morgan fingerprint density at radius 3 is 0.928 bits per heavy atom. The Morgan fingerprint density at radius 1 is 0.340 bits per heavy atom. The molecule has 19 heteroatoms. The summed E-state index contributed by atoms with van der Waals surface area (Å²) in [7, 11) is -9.93. The molecule has 0 aliphatic rings. The lowest BCUT2D eigenvalue weighted by atomic mass is 9.99. The van der Waals surface area contributed by atoms with Crippen LogP contribution in [0, 0.1) is 11.8 Å². The van der Waals surface area contributed by atoms with Crippen molar-refractivity contribution >= 4 is 39.5 Å². The van der Waals surface area contributed by atoms with Crippen molar-refractivity contribution in [3.8, 4) is 0 Å². The first kappa shape index (κ1) is 94.5. The molecule has 6 atom stereocenters. The summed E-state index contributed by atoms with van der Waals surface area (Å²) in [5.41, 5.74) is 0. The SMILES string of the molecule is CCCCCC/C=C\C=C/CCCCCCCC(=O)OC[C@H](COP(=O)(O)OC[C@@H](O)COP(=O)(O)OC[C@@H](COC(=O)CCCCCCCCCCCC)OC(=O)CCCCCCCCCCCCC(C)CC)OC(=O)CCCCCCCCCCCCCCCCCC(C)C. The van der Waals surface area contributed by atoms with Gasteiger partial charge in [-0.1, -0.05) is 329 Å². The van der Waals surface area contributed by atoms with Crippen LogP contribution in [-0.4, -0.2) is 96.7 Å². The molecular formula is C78H148O17P2. The average Bonchev–Trinajstić information content (AvgIpc) is 1.41. The van der Waals surface area contributed by atoms with Crippen molar-refractivity contribution in [3.05, 3.63) is 24.3 Å². The third-order valence-corrected chi connectivity index (χ3v) is 19.8. The first-order valence-corrected chi connectivity index (χ1v) is 42.8. The topological polar surface area (TPSA) is 237 Å². The molecule has 17 nitrogen and oxygen atoms in total. The van der Waals surface area contributed by atoms with Crippen LogP contribution < -0.4 is 0 Å². The molecule has 0 aromatic carbocycles. The summed E-state index contributed by atoms with van der Waals surface area (Å²) in [6.07, 6.45) is 60.3. The molecule has 0 heterocycles. The smallest absolute Gasteiger partial charge is 0.462 e. The fraction of sp³-hybridized carbons (Fsp3) is 0.897. The monoisotopic (exact) mass is 1420 g/mol. The normalized spacial score (nSPS) is 14.4. The van der Waals surface area contributed by atoms with Crippen LogP contribution in [0.5, 0.6) is 0 Å². The molecule has 0 aromatic heterocycles. The molecule has 3 unspecified atom stereocenters. The summed E-state index contributed by atoms with van der Waals surface area (Å²) in [6, 6.07) is 0. The fourth-order valence-electron chi connectivity index (χ4n) is 11.4. The van der Waals surface area contributed by atoms with Gasteiger partial charge in [-0.2, -0.15) is 0 Å². The number of hydrogen-bond donors (Lipinski definition) is 3. The summed E-state index contributed by atoms with van der Waals surface area (Å²) < 4.78 is 68.6. The number of unbranched alkanes of at least 4 members (excludes halogenated alkanes) is 41. The van der Waals surface area contributed by atoms with E-state index in [0.717, 1.165) is 121 Å². The van der Waals surface area contributed by atoms with Crippen LogP contribution in [-0.2, 0) is 65.4 Å². The summed E-state index contributed by atoms with van der Waals surface area (Å²) in [5, 5.41) is 10.6. The number of carbonyl (C=O) groups excluding carboxylic acids is 4. The van der Waals surface area contributed by atoms with Gasteiger partial charge in [0.05, 0.1) is 26.4 Å². The van der Waals surface area contributed by atoms with Gasteiger partial charge in [-0.15, -0.1) is 0 Å². The highest BCUT2D eigenvalue weighted by Crippen LogP contribution is 2.45. The summed E-state index contributed by atoms with van der Waals surface area (Å²) in [5.74, 6) is -0.541. The zero-order valence-electron chi connectivity index (χ0n) is 62.9. The molecule has 0 amide bonds. The number of ether oxygens (including phenoxy) is 4. The maximum atomic E-state index is 13.1. The molecule has 0 saturated heterocycles. The first-order valence-electron chi connectivity index (χ1n) is 39.8. The highest BCUT2D eigenvalue weighted by atomic mass is 31.2. The third kappa shape index (κ3) is 70.4. The predicted molar refractivity (Wildman–Crippen MR) is 395 cm³/mol. The predicted octanol–water partition coefficient (Wildman–Crippen LogP) is 22.7. The summed E-state index contributed by atoms with van der Waals surface area (Å²) >= 11 is 0. The van der Waals surface area contributed by atoms with Gasteiger partial charge in [-0.25, -0.2) is 9.13 Å². The van der Waals surface area contributed by atoms with Crippen molar-refractivity contribution in [1.29, 1.82) is 0 Å². The first-order chi connectivity index (χ1) is 46.9. The Morgan fingerprint density at radius 2 is 0.608 bits per heavy atom. The van der Waals surface area contributed by atoms with E-state index in [1.165, 1.54) is 180 Å². The summed E-state index contributed by atoms with van der Waals surface area (Å²) in [6.45, 7) is 9.58. The van der Waals surface area contributed by atoms with Gasteiger partial charge in [0.25, 0.3) is 0 Å². The van der Waals surface area contributed by atoms with Crippen LogP contribution in [0.25, 0.3) is 0 Å². The Kier molecular flexibility index (Phi) is 67.5. The lowest BCUT2D eigenvalue weighted by molar-refractivity contribution is -0.161.